The Hall–Kier alpha value is -3.48. The summed E-state index contributed by atoms with van der Waals surface area (Å²) >= 11 is 0. The molecule has 0 aliphatic rings. The SMILES string of the molecule is CC(C)n1nc(-c2cc(F)c(CC(=O)O)c(F)c2)c(C#N)c1NC(=O)OC(C)(C)C. The molecule has 0 saturated heterocycles. The number of ether oxygens (including phenoxy) is 1. The minimum atomic E-state index is -1.38. The van der Waals surface area contributed by atoms with Crippen LogP contribution in [0.25, 0.3) is 11.3 Å². The average Bonchev–Trinajstić information content (AvgIpc) is 2.94. The van der Waals surface area contributed by atoms with Gasteiger partial charge in [0.05, 0.1) is 6.42 Å². The zero-order valence-corrected chi connectivity index (χ0v) is 17.2. The number of benzene rings is 1. The standard InChI is InChI=1S/C20H22F2N4O4/c1-10(2)26-18(24-19(29)30-20(3,4)5)13(9-23)17(25-26)11-6-14(21)12(8-16(27)28)15(22)7-11/h6-7,10H,8H2,1-5H3,(H,24,29)(H,27,28). The number of rotatable bonds is 5. The second-order valence-corrected chi connectivity index (χ2v) is 7.84. The molecule has 0 bridgehead atoms. The summed E-state index contributed by atoms with van der Waals surface area (Å²) in [5.41, 5.74) is -1.62. The summed E-state index contributed by atoms with van der Waals surface area (Å²) in [5, 5.41) is 25.2. The van der Waals surface area contributed by atoms with Gasteiger partial charge in [0.15, 0.2) is 5.82 Å². The van der Waals surface area contributed by atoms with Crippen molar-refractivity contribution in [1.82, 2.24) is 9.78 Å². The first-order valence-electron chi connectivity index (χ1n) is 9.06. The predicted octanol–water partition coefficient (Wildman–Crippen LogP) is 4.25. The van der Waals surface area contributed by atoms with Gasteiger partial charge in [-0.2, -0.15) is 10.4 Å². The number of amides is 1. The fraction of sp³-hybridized carbons (Fsp3) is 0.400. The molecule has 0 atom stereocenters. The lowest BCUT2D eigenvalue weighted by Crippen LogP contribution is -2.28. The first kappa shape index (κ1) is 22.8. The fourth-order valence-electron chi connectivity index (χ4n) is 2.70. The molecule has 0 aliphatic heterocycles. The highest BCUT2D eigenvalue weighted by Crippen LogP contribution is 2.32. The van der Waals surface area contributed by atoms with E-state index in [1.54, 1.807) is 34.6 Å². The molecule has 2 aromatic rings. The van der Waals surface area contributed by atoms with Crippen molar-refractivity contribution >= 4 is 17.9 Å². The highest BCUT2D eigenvalue weighted by Gasteiger charge is 2.26. The van der Waals surface area contributed by atoms with E-state index in [-0.39, 0.29) is 28.7 Å². The maximum atomic E-state index is 14.3. The summed E-state index contributed by atoms with van der Waals surface area (Å²) in [6.45, 7) is 8.51. The molecule has 0 aliphatic carbocycles. The largest absolute Gasteiger partial charge is 0.481 e. The second-order valence-electron chi connectivity index (χ2n) is 7.84. The van der Waals surface area contributed by atoms with Crippen molar-refractivity contribution in [3.63, 3.8) is 0 Å². The van der Waals surface area contributed by atoms with Gasteiger partial charge in [0, 0.05) is 17.2 Å². The Labute approximate surface area is 172 Å². The third-order valence-electron chi connectivity index (χ3n) is 3.87. The fourth-order valence-corrected chi connectivity index (χ4v) is 2.70. The highest BCUT2D eigenvalue weighted by molar-refractivity contribution is 5.88. The molecule has 2 rings (SSSR count). The molecule has 0 fully saturated rings. The Morgan fingerprint density at radius 2 is 1.87 bits per heavy atom. The Balaban J connectivity index is 2.59. The van der Waals surface area contributed by atoms with E-state index in [2.05, 4.69) is 10.4 Å². The molecule has 1 heterocycles. The molecule has 30 heavy (non-hydrogen) atoms. The van der Waals surface area contributed by atoms with Gasteiger partial charge in [0.25, 0.3) is 0 Å². The number of carboxylic acid groups (broad SMARTS) is 1. The van der Waals surface area contributed by atoms with Crippen LogP contribution in [0.4, 0.5) is 19.4 Å². The lowest BCUT2D eigenvalue weighted by Gasteiger charge is -2.20. The van der Waals surface area contributed by atoms with Crippen molar-refractivity contribution in [1.29, 1.82) is 5.26 Å². The summed E-state index contributed by atoms with van der Waals surface area (Å²) in [4.78, 5) is 23.0. The van der Waals surface area contributed by atoms with Gasteiger partial charge in [-0.25, -0.2) is 18.3 Å². The van der Waals surface area contributed by atoms with Gasteiger partial charge in [0.1, 0.15) is 34.6 Å². The molecular weight excluding hydrogens is 398 g/mol. The van der Waals surface area contributed by atoms with Gasteiger partial charge in [-0.15, -0.1) is 0 Å². The van der Waals surface area contributed by atoms with E-state index in [1.807, 2.05) is 6.07 Å². The lowest BCUT2D eigenvalue weighted by molar-refractivity contribution is -0.136. The maximum absolute atomic E-state index is 14.3. The van der Waals surface area contributed by atoms with Crippen molar-refractivity contribution < 1.29 is 28.2 Å². The van der Waals surface area contributed by atoms with Crippen LogP contribution < -0.4 is 5.32 Å². The van der Waals surface area contributed by atoms with Gasteiger partial charge >= 0.3 is 12.1 Å². The molecule has 160 valence electrons. The van der Waals surface area contributed by atoms with E-state index in [4.69, 9.17) is 9.84 Å². The van der Waals surface area contributed by atoms with Gasteiger partial charge in [0.2, 0.25) is 0 Å². The van der Waals surface area contributed by atoms with Crippen LogP contribution in [0.5, 0.6) is 0 Å². The van der Waals surface area contributed by atoms with E-state index in [0.717, 1.165) is 12.1 Å². The molecule has 1 aromatic carbocycles. The van der Waals surface area contributed by atoms with Crippen LogP contribution in [0.1, 0.15) is 51.8 Å². The third kappa shape index (κ3) is 5.11. The van der Waals surface area contributed by atoms with E-state index >= 15 is 0 Å². The first-order chi connectivity index (χ1) is 13.8. The van der Waals surface area contributed by atoms with Crippen LogP contribution in [-0.4, -0.2) is 32.6 Å². The molecule has 1 aromatic heterocycles. The average molecular weight is 420 g/mol. The number of anilines is 1. The molecular formula is C20H22F2N4O4. The number of carboxylic acids is 1. The predicted molar refractivity (Wildman–Crippen MR) is 104 cm³/mol. The van der Waals surface area contributed by atoms with E-state index in [9.17, 15) is 23.6 Å². The Morgan fingerprint density at radius 1 is 1.30 bits per heavy atom. The van der Waals surface area contributed by atoms with E-state index in [0.29, 0.717) is 0 Å². The summed E-state index contributed by atoms with van der Waals surface area (Å²) < 4.78 is 35.2. The van der Waals surface area contributed by atoms with Crippen LogP contribution >= 0.6 is 0 Å². The number of nitriles is 1. The second kappa shape index (κ2) is 8.49. The van der Waals surface area contributed by atoms with Crippen LogP contribution in [0.15, 0.2) is 12.1 Å². The molecule has 0 spiro atoms. The van der Waals surface area contributed by atoms with Crippen molar-refractivity contribution in [2.75, 3.05) is 5.32 Å². The maximum Gasteiger partial charge on any atom is 0.413 e. The number of halogens is 2. The number of aromatic nitrogens is 2. The number of nitrogens with one attached hydrogen (secondary N) is 1. The topological polar surface area (TPSA) is 117 Å². The molecule has 1 amide bonds. The Morgan fingerprint density at radius 3 is 2.30 bits per heavy atom. The first-order valence-corrected chi connectivity index (χ1v) is 9.06. The zero-order valence-electron chi connectivity index (χ0n) is 17.2. The molecule has 2 N–H and O–H groups in total. The summed E-state index contributed by atoms with van der Waals surface area (Å²) in [6.07, 6.45) is -1.64. The van der Waals surface area contributed by atoms with Crippen LogP contribution in [-0.2, 0) is 16.0 Å². The molecule has 8 nitrogen and oxygen atoms in total. The zero-order chi connectivity index (χ0) is 22.8. The van der Waals surface area contributed by atoms with Crippen molar-refractivity contribution in [3.8, 4) is 17.3 Å². The van der Waals surface area contributed by atoms with Gasteiger partial charge in [-0.3, -0.25) is 10.1 Å². The number of nitrogens with zero attached hydrogens (tertiary/aromatic N) is 3. The summed E-state index contributed by atoms with van der Waals surface area (Å²) in [6, 6.07) is 3.41. The number of aliphatic carboxylic acids is 1. The molecule has 0 saturated carbocycles. The van der Waals surface area contributed by atoms with Gasteiger partial charge in [-0.1, -0.05) is 0 Å². The number of carbonyl (C=O) groups is 2. The van der Waals surface area contributed by atoms with Crippen molar-refractivity contribution in [3.05, 3.63) is 34.9 Å². The molecule has 0 unspecified atom stereocenters. The minimum absolute atomic E-state index is 0.0205. The lowest BCUT2D eigenvalue weighted by atomic mass is 10.0. The van der Waals surface area contributed by atoms with Gasteiger partial charge < -0.3 is 9.84 Å². The highest BCUT2D eigenvalue weighted by atomic mass is 19.1. The van der Waals surface area contributed by atoms with Crippen molar-refractivity contribution in [2.45, 2.75) is 52.7 Å². The molecule has 10 heteroatoms. The smallest absolute Gasteiger partial charge is 0.413 e. The van der Waals surface area contributed by atoms with Crippen LogP contribution in [0.2, 0.25) is 0 Å². The number of carbonyl (C=O) groups excluding carboxylic acids is 1. The minimum Gasteiger partial charge on any atom is -0.481 e. The summed E-state index contributed by atoms with van der Waals surface area (Å²) in [5.74, 6) is -3.51. The third-order valence-corrected chi connectivity index (χ3v) is 3.87. The van der Waals surface area contributed by atoms with Gasteiger partial charge in [-0.05, 0) is 46.8 Å². The normalized spacial score (nSPS) is 11.3. The number of hydrogen-bond donors (Lipinski definition) is 2. The van der Waals surface area contributed by atoms with E-state index in [1.165, 1.54) is 4.68 Å². The quantitative estimate of drug-likeness (QED) is 0.747. The van der Waals surface area contributed by atoms with Crippen LogP contribution in [0.3, 0.4) is 0 Å². The van der Waals surface area contributed by atoms with Crippen LogP contribution in [0, 0.1) is 23.0 Å². The Bertz CT molecular complexity index is 1010. The number of hydrogen-bond acceptors (Lipinski definition) is 5. The van der Waals surface area contributed by atoms with Crippen molar-refractivity contribution in [2.24, 2.45) is 0 Å². The Kier molecular flexibility index (Phi) is 6.45. The summed E-state index contributed by atoms with van der Waals surface area (Å²) in [7, 11) is 0. The molecule has 0 radical (unpaired) electrons. The van der Waals surface area contributed by atoms with E-state index < -0.39 is 41.3 Å². The monoisotopic (exact) mass is 420 g/mol.